The van der Waals surface area contributed by atoms with E-state index in [1.165, 1.54) is 26.0 Å². The number of Topliss-reactive ketones (excluding diaryl/α,β-unsaturated/α-hetero) is 1. The Balaban J connectivity index is 1.42. The van der Waals surface area contributed by atoms with Crippen molar-refractivity contribution in [2.75, 3.05) is 6.61 Å². The lowest BCUT2D eigenvalue weighted by atomic mass is 9.44. The number of fused-ring (bicyclic) bond motifs is 5. The number of carbonyl (C=O) groups excluding carboxylic acids is 7. The van der Waals surface area contributed by atoms with Crippen LogP contribution in [0.4, 0.5) is 0 Å². The number of halogens is 1. The fourth-order valence-electron chi connectivity index (χ4n) is 11.0. The monoisotopic (exact) mass is 1030 g/mol. The quantitative estimate of drug-likeness (QED) is 0.0663. The largest absolute Gasteiger partial charge is 0.455 e. The molecule has 2 saturated carbocycles. The maximum Gasteiger partial charge on any atom is 0.350 e. The van der Waals surface area contributed by atoms with Crippen molar-refractivity contribution in [3.05, 3.63) is 119 Å². The number of alkyl halides is 1. The molecular weight excluding hydrogens is 970 g/mol. The number of ether oxygens (including phenoxy) is 6. The smallest absolute Gasteiger partial charge is 0.350 e. The van der Waals surface area contributed by atoms with Crippen molar-refractivity contribution >= 4 is 57.5 Å². The Morgan fingerprint density at radius 3 is 2.00 bits per heavy atom. The molecule has 17 heteroatoms. The molecule has 0 spiro atoms. The second kappa shape index (κ2) is 20.5. The number of ketones is 1. The summed E-state index contributed by atoms with van der Waals surface area (Å²) >= 11 is 3.41. The first-order chi connectivity index (χ1) is 33.1. The lowest BCUT2D eigenvalue weighted by molar-refractivity contribution is -0.346. The van der Waals surface area contributed by atoms with Gasteiger partial charge in [0, 0.05) is 37.7 Å². The molecule has 374 valence electrons. The summed E-state index contributed by atoms with van der Waals surface area (Å²) in [7, 11) is 0. The number of unbranched alkanes of at least 4 members (excludes halogenated alkanes) is 1. The zero-order valence-electron chi connectivity index (χ0n) is 40.2. The molecule has 7 rings (SSSR count). The summed E-state index contributed by atoms with van der Waals surface area (Å²) in [6.07, 6.45) is -8.87. The van der Waals surface area contributed by atoms with Crippen LogP contribution >= 0.6 is 15.9 Å². The van der Waals surface area contributed by atoms with E-state index in [0.717, 1.165) is 20.3 Å². The number of hydrogen-bond acceptors (Lipinski definition) is 15. The summed E-state index contributed by atoms with van der Waals surface area (Å²) in [5.41, 5.74) is -7.26. The zero-order chi connectivity index (χ0) is 50.9. The van der Waals surface area contributed by atoms with Crippen LogP contribution in [0.2, 0.25) is 0 Å². The second-order valence-electron chi connectivity index (χ2n) is 19.4. The summed E-state index contributed by atoms with van der Waals surface area (Å²) in [5, 5.41) is 29.0. The van der Waals surface area contributed by atoms with Gasteiger partial charge in [0.15, 0.2) is 17.5 Å². The predicted octanol–water partition coefficient (Wildman–Crippen LogP) is 6.24. The van der Waals surface area contributed by atoms with E-state index in [2.05, 4.69) is 21.2 Å². The number of hydrogen-bond donors (Lipinski definition) is 3. The van der Waals surface area contributed by atoms with Gasteiger partial charge in [-0.1, -0.05) is 116 Å². The van der Waals surface area contributed by atoms with Gasteiger partial charge >= 0.3 is 29.8 Å². The van der Waals surface area contributed by atoms with Crippen molar-refractivity contribution in [1.82, 2.24) is 5.32 Å². The molecule has 2 bridgehead atoms. The van der Waals surface area contributed by atoms with E-state index in [9.17, 15) is 34.2 Å². The molecular formula is C53H60BrNO15. The summed E-state index contributed by atoms with van der Waals surface area (Å²) < 4.78 is 36.9. The molecule has 12 atom stereocenters. The number of benzene rings is 3. The Morgan fingerprint density at radius 1 is 0.843 bits per heavy atom. The van der Waals surface area contributed by atoms with Crippen LogP contribution in [0.5, 0.6) is 0 Å². The summed E-state index contributed by atoms with van der Waals surface area (Å²) in [5.74, 6) is -7.72. The fourth-order valence-corrected chi connectivity index (χ4v) is 11.4. The maximum atomic E-state index is 15.7. The SMILES string of the molecule is CCCCC(Br)C(=O)O[C@@H](C(=O)O[C@H]1C[C@@]2(O)C(OC(=O)c3ccccc3)C3[C@](C)(C(=O)[C@H](OC(C)=O)C(=C1C)C2(C)C)[C@@H](O)C[C@H]1OC[C@@]31OC(C)=O)[C@H](NC(=O)c1ccccc1)c1ccccc1. The van der Waals surface area contributed by atoms with Gasteiger partial charge in [0.25, 0.3) is 5.91 Å². The highest BCUT2D eigenvalue weighted by Gasteiger charge is 2.78. The third kappa shape index (κ3) is 9.44. The fraction of sp³-hybridized carbons (Fsp3) is 0.491. The van der Waals surface area contributed by atoms with Crippen LogP contribution in [0, 0.1) is 16.7 Å². The van der Waals surface area contributed by atoms with Gasteiger partial charge in [0.05, 0.1) is 29.6 Å². The van der Waals surface area contributed by atoms with Crippen molar-refractivity contribution in [1.29, 1.82) is 0 Å². The van der Waals surface area contributed by atoms with Gasteiger partial charge in [-0.05, 0) is 61.2 Å². The van der Waals surface area contributed by atoms with Gasteiger partial charge in [-0.25, -0.2) is 9.59 Å². The zero-order valence-corrected chi connectivity index (χ0v) is 41.8. The molecule has 1 amide bonds. The van der Waals surface area contributed by atoms with Crippen LogP contribution in [-0.4, -0.2) is 111 Å². The molecule has 1 aliphatic heterocycles. The van der Waals surface area contributed by atoms with E-state index in [-0.39, 0.29) is 35.3 Å². The van der Waals surface area contributed by atoms with Gasteiger partial charge in [-0.3, -0.25) is 24.0 Å². The van der Waals surface area contributed by atoms with Crippen molar-refractivity contribution in [3.8, 4) is 0 Å². The number of nitrogens with one attached hydrogen (secondary N) is 1. The summed E-state index contributed by atoms with van der Waals surface area (Å²) in [6, 6.07) is 23.0. The molecule has 3 fully saturated rings. The van der Waals surface area contributed by atoms with Gasteiger partial charge in [-0.2, -0.15) is 0 Å². The predicted molar refractivity (Wildman–Crippen MR) is 254 cm³/mol. The van der Waals surface area contributed by atoms with Gasteiger partial charge in [0.2, 0.25) is 6.10 Å². The molecule has 3 unspecified atom stereocenters. The van der Waals surface area contributed by atoms with Gasteiger partial charge in [-0.15, -0.1) is 0 Å². The number of aliphatic hydroxyl groups is 2. The Bertz CT molecular complexity index is 2520. The van der Waals surface area contributed by atoms with Crippen molar-refractivity contribution in [3.63, 3.8) is 0 Å². The number of esters is 5. The van der Waals surface area contributed by atoms with E-state index in [4.69, 9.17) is 28.4 Å². The molecule has 1 saturated heterocycles. The highest BCUT2D eigenvalue weighted by atomic mass is 79.9. The van der Waals surface area contributed by atoms with E-state index >= 15 is 9.59 Å². The highest BCUT2D eigenvalue weighted by Crippen LogP contribution is 2.64. The van der Waals surface area contributed by atoms with Crippen molar-refractivity contribution < 1.29 is 72.2 Å². The standard InChI is InChI=1S/C53H60BrNO15/c1-8-9-25-35(54)48(62)68-42(40(32-19-13-10-14-20-32)55-46(60)33-21-15-11-16-22-33)49(63)67-36-27-53(64)45(69-47(61)34-23-17-12-18-24-34)43-51(7,37(58)26-38-52(43,28-65-38)70-31(4)57)44(59)41(66-30(3)56)39(29(36)2)50(53,5)6/h10-24,35-38,40-43,45,58,64H,8-9,25-28H2,1-7H3,(H,55,60)/t35?,36-,37-,38+,40+,41+,42+,43?,45?,51+,52-,53+/m0/s1. The van der Waals surface area contributed by atoms with Crippen LogP contribution in [0.3, 0.4) is 0 Å². The molecule has 70 heavy (non-hydrogen) atoms. The molecule has 1 heterocycles. The van der Waals surface area contributed by atoms with E-state index in [1.54, 1.807) is 92.7 Å². The van der Waals surface area contributed by atoms with Gasteiger partial charge < -0.3 is 44.0 Å². The molecule has 3 aromatic rings. The molecule has 3 aromatic carbocycles. The van der Waals surface area contributed by atoms with Crippen molar-refractivity contribution in [2.24, 2.45) is 16.7 Å². The van der Waals surface area contributed by atoms with Crippen LogP contribution in [-0.2, 0) is 52.4 Å². The number of amides is 1. The first kappa shape index (κ1) is 52.1. The van der Waals surface area contributed by atoms with Crippen LogP contribution < -0.4 is 5.32 Å². The van der Waals surface area contributed by atoms with Crippen LogP contribution in [0.15, 0.2) is 102 Å². The average molecular weight is 1030 g/mol. The normalized spacial score (nSPS) is 29.9. The minimum Gasteiger partial charge on any atom is -0.455 e. The van der Waals surface area contributed by atoms with Crippen LogP contribution in [0.25, 0.3) is 0 Å². The van der Waals surface area contributed by atoms with Crippen LogP contribution in [0.1, 0.15) is 113 Å². The Morgan fingerprint density at radius 2 is 1.44 bits per heavy atom. The maximum absolute atomic E-state index is 15.7. The minimum atomic E-state index is -2.44. The topological polar surface area (TPSA) is 227 Å². The number of rotatable bonds is 15. The van der Waals surface area contributed by atoms with E-state index < -0.39 is 123 Å². The molecule has 0 aromatic heterocycles. The molecule has 16 nitrogen and oxygen atoms in total. The summed E-state index contributed by atoms with van der Waals surface area (Å²) in [4.78, 5) is 98.8. The van der Waals surface area contributed by atoms with Crippen molar-refractivity contribution in [2.45, 2.75) is 139 Å². The number of aliphatic hydroxyl groups excluding tert-OH is 1. The molecule has 3 N–H and O–H groups in total. The number of carbonyl (C=O) groups is 7. The third-order valence-corrected chi connectivity index (χ3v) is 15.6. The Kier molecular flexibility index (Phi) is 15.3. The highest BCUT2D eigenvalue weighted by molar-refractivity contribution is 9.10. The first-order valence-corrected chi connectivity index (χ1v) is 24.4. The minimum absolute atomic E-state index is 0.0222. The molecule has 0 radical (unpaired) electrons. The second-order valence-corrected chi connectivity index (χ2v) is 20.5. The molecule has 4 aliphatic rings. The lowest BCUT2D eigenvalue weighted by Crippen LogP contribution is -2.82. The third-order valence-electron chi connectivity index (χ3n) is 14.8. The Labute approximate surface area is 414 Å². The van der Waals surface area contributed by atoms with E-state index in [1.807, 2.05) is 6.92 Å². The first-order valence-electron chi connectivity index (χ1n) is 23.5. The Hall–Kier alpha value is -5.75. The lowest BCUT2D eigenvalue weighted by Gasteiger charge is -2.67. The van der Waals surface area contributed by atoms with Gasteiger partial charge in [0.1, 0.15) is 34.8 Å². The average Bonchev–Trinajstić information content (AvgIpc) is 3.33. The van der Waals surface area contributed by atoms with E-state index in [0.29, 0.717) is 18.4 Å². The molecule has 3 aliphatic carbocycles. The summed E-state index contributed by atoms with van der Waals surface area (Å²) in [6.45, 7) is 9.91.